The summed E-state index contributed by atoms with van der Waals surface area (Å²) >= 11 is 0. The van der Waals surface area contributed by atoms with Crippen LogP contribution < -0.4 is 5.32 Å². The first-order chi connectivity index (χ1) is 9.31. The fourth-order valence-electron chi connectivity index (χ4n) is 1.91. The number of hydrogen-bond donors (Lipinski definition) is 1. The van der Waals surface area contributed by atoms with Gasteiger partial charge >= 0.3 is 0 Å². The van der Waals surface area contributed by atoms with Gasteiger partial charge in [-0.05, 0) is 30.5 Å². The van der Waals surface area contributed by atoms with Crippen LogP contribution in [-0.2, 0) is 17.8 Å². The van der Waals surface area contributed by atoms with Crippen LogP contribution in [0.3, 0.4) is 0 Å². The van der Waals surface area contributed by atoms with Crippen molar-refractivity contribution in [3.05, 3.63) is 42.0 Å². The van der Waals surface area contributed by atoms with Gasteiger partial charge in [0.25, 0.3) is 0 Å². The predicted octanol–water partition coefficient (Wildman–Crippen LogP) is 2.24. The third-order valence-corrected chi connectivity index (χ3v) is 3.04. The van der Waals surface area contributed by atoms with Crippen LogP contribution in [0.5, 0.6) is 0 Å². The van der Waals surface area contributed by atoms with E-state index in [4.69, 9.17) is 4.74 Å². The van der Waals surface area contributed by atoms with Crippen molar-refractivity contribution in [2.75, 3.05) is 19.0 Å². The Balaban J connectivity index is 1.93. The van der Waals surface area contributed by atoms with Gasteiger partial charge in [0.1, 0.15) is 0 Å². The number of aryl methyl sites for hydroxylation is 2. The first-order valence-corrected chi connectivity index (χ1v) is 6.44. The van der Waals surface area contributed by atoms with Crippen LogP contribution in [0.4, 0.5) is 5.95 Å². The Morgan fingerprint density at radius 3 is 3.05 bits per heavy atom. The SMILES string of the molecule is COCCCn1ccnc1NCc1ccncc1C. The van der Waals surface area contributed by atoms with Gasteiger partial charge in [-0.1, -0.05) is 0 Å². The molecular formula is C14H20N4O. The van der Waals surface area contributed by atoms with Gasteiger partial charge in [0.05, 0.1) is 0 Å². The van der Waals surface area contributed by atoms with Gasteiger partial charge < -0.3 is 14.6 Å². The highest BCUT2D eigenvalue weighted by Gasteiger charge is 2.03. The number of hydrogen-bond acceptors (Lipinski definition) is 4. The largest absolute Gasteiger partial charge is 0.385 e. The van der Waals surface area contributed by atoms with E-state index in [1.54, 1.807) is 7.11 Å². The van der Waals surface area contributed by atoms with Gasteiger partial charge in [-0.2, -0.15) is 0 Å². The Morgan fingerprint density at radius 2 is 2.26 bits per heavy atom. The van der Waals surface area contributed by atoms with Crippen molar-refractivity contribution in [2.45, 2.75) is 26.4 Å². The van der Waals surface area contributed by atoms with Crippen molar-refractivity contribution in [3.8, 4) is 0 Å². The summed E-state index contributed by atoms with van der Waals surface area (Å²) in [6.45, 7) is 4.50. The molecule has 0 unspecified atom stereocenters. The van der Waals surface area contributed by atoms with Gasteiger partial charge in [0, 0.05) is 51.6 Å². The Kier molecular flexibility index (Phi) is 4.92. The lowest BCUT2D eigenvalue weighted by atomic mass is 10.1. The van der Waals surface area contributed by atoms with E-state index in [9.17, 15) is 0 Å². The maximum Gasteiger partial charge on any atom is 0.203 e. The third-order valence-electron chi connectivity index (χ3n) is 3.04. The van der Waals surface area contributed by atoms with Gasteiger partial charge in [0.2, 0.25) is 5.95 Å². The first kappa shape index (κ1) is 13.5. The summed E-state index contributed by atoms with van der Waals surface area (Å²) in [7, 11) is 1.72. The Morgan fingerprint density at radius 1 is 1.37 bits per heavy atom. The Bertz CT molecular complexity index is 510. The van der Waals surface area contributed by atoms with Crippen LogP contribution in [0, 0.1) is 6.92 Å². The molecule has 0 aliphatic carbocycles. The van der Waals surface area contributed by atoms with Crippen molar-refractivity contribution in [2.24, 2.45) is 0 Å². The van der Waals surface area contributed by atoms with E-state index in [0.717, 1.165) is 32.1 Å². The quantitative estimate of drug-likeness (QED) is 0.776. The molecule has 2 aromatic heterocycles. The second-order valence-corrected chi connectivity index (χ2v) is 4.45. The first-order valence-electron chi connectivity index (χ1n) is 6.44. The van der Waals surface area contributed by atoms with E-state index in [1.807, 2.05) is 30.9 Å². The fourth-order valence-corrected chi connectivity index (χ4v) is 1.91. The molecule has 0 saturated carbocycles. The van der Waals surface area contributed by atoms with Crippen molar-refractivity contribution < 1.29 is 4.74 Å². The third kappa shape index (κ3) is 3.79. The molecule has 102 valence electrons. The number of aromatic nitrogens is 3. The number of nitrogens with one attached hydrogen (secondary N) is 1. The Hall–Kier alpha value is -1.88. The fraction of sp³-hybridized carbons (Fsp3) is 0.429. The molecule has 0 aliphatic rings. The van der Waals surface area contributed by atoms with E-state index >= 15 is 0 Å². The van der Waals surface area contributed by atoms with Crippen molar-refractivity contribution in [3.63, 3.8) is 0 Å². The number of imidazole rings is 1. The summed E-state index contributed by atoms with van der Waals surface area (Å²) < 4.78 is 7.17. The van der Waals surface area contributed by atoms with Crippen LogP contribution in [0.15, 0.2) is 30.9 Å². The lowest BCUT2D eigenvalue weighted by molar-refractivity contribution is 0.190. The van der Waals surface area contributed by atoms with Gasteiger partial charge in [0.15, 0.2) is 0 Å². The predicted molar refractivity (Wildman–Crippen MR) is 75.0 cm³/mol. The number of anilines is 1. The maximum absolute atomic E-state index is 5.06. The van der Waals surface area contributed by atoms with Crippen LogP contribution in [0.1, 0.15) is 17.5 Å². The van der Waals surface area contributed by atoms with Gasteiger partial charge in [-0.15, -0.1) is 0 Å². The second kappa shape index (κ2) is 6.89. The highest BCUT2D eigenvalue weighted by atomic mass is 16.5. The molecule has 0 atom stereocenters. The van der Waals surface area contributed by atoms with E-state index in [0.29, 0.717) is 0 Å². The average molecular weight is 260 g/mol. The zero-order valence-electron chi connectivity index (χ0n) is 11.5. The maximum atomic E-state index is 5.06. The van der Waals surface area contributed by atoms with Gasteiger partial charge in [-0.25, -0.2) is 4.98 Å². The number of methoxy groups -OCH3 is 1. The number of pyridine rings is 1. The summed E-state index contributed by atoms with van der Waals surface area (Å²) in [5, 5.41) is 3.36. The number of nitrogens with zero attached hydrogens (tertiary/aromatic N) is 3. The van der Waals surface area contributed by atoms with Crippen LogP contribution in [0.25, 0.3) is 0 Å². The molecular weight excluding hydrogens is 240 g/mol. The lowest BCUT2D eigenvalue weighted by Crippen LogP contribution is -2.09. The molecule has 0 saturated heterocycles. The van der Waals surface area contributed by atoms with Crippen molar-refractivity contribution in [1.29, 1.82) is 0 Å². The standard InChI is InChI=1S/C14H20N4O/c1-12-10-15-5-4-13(12)11-17-14-16-6-8-18(14)7-3-9-19-2/h4-6,8,10H,3,7,9,11H2,1-2H3,(H,16,17). The molecule has 19 heavy (non-hydrogen) atoms. The molecule has 5 nitrogen and oxygen atoms in total. The molecule has 2 heterocycles. The molecule has 2 rings (SSSR count). The van der Waals surface area contributed by atoms with Crippen LogP contribution in [0.2, 0.25) is 0 Å². The zero-order valence-corrected chi connectivity index (χ0v) is 11.5. The molecule has 0 amide bonds. The Labute approximate surface area is 113 Å². The highest BCUT2D eigenvalue weighted by Crippen LogP contribution is 2.10. The molecule has 0 aromatic carbocycles. The summed E-state index contributed by atoms with van der Waals surface area (Å²) in [5.41, 5.74) is 2.42. The number of ether oxygens (including phenoxy) is 1. The van der Waals surface area contributed by atoms with Crippen LogP contribution in [-0.4, -0.2) is 28.3 Å². The highest BCUT2D eigenvalue weighted by molar-refractivity contribution is 5.31. The lowest BCUT2D eigenvalue weighted by Gasteiger charge is -2.10. The van der Waals surface area contributed by atoms with E-state index in [-0.39, 0.29) is 0 Å². The molecule has 0 fully saturated rings. The van der Waals surface area contributed by atoms with E-state index in [2.05, 4.69) is 26.8 Å². The van der Waals surface area contributed by atoms with Gasteiger partial charge in [-0.3, -0.25) is 4.98 Å². The molecule has 0 aliphatic heterocycles. The van der Waals surface area contributed by atoms with Crippen LogP contribution >= 0.6 is 0 Å². The molecule has 5 heteroatoms. The van der Waals surface area contributed by atoms with Crippen molar-refractivity contribution >= 4 is 5.95 Å². The topological polar surface area (TPSA) is 52.0 Å². The zero-order chi connectivity index (χ0) is 13.5. The minimum absolute atomic E-state index is 0.760. The van der Waals surface area contributed by atoms with Crippen molar-refractivity contribution in [1.82, 2.24) is 14.5 Å². The molecule has 1 N–H and O–H groups in total. The normalized spacial score (nSPS) is 10.6. The number of rotatable bonds is 7. The minimum Gasteiger partial charge on any atom is -0.385 e. The molecule has 2 aromatic rings. The summed E-state index contributed by atoms with van der Waals surface area (Å²) in [6.07, 6.45) is 8.47. The summed E-state index contributed by atoms with van der Waals surface area (Å²) in [5.74, 6) is 0.896. The summed E-state index contributed by atoms with van der Waals surface area (Å²) in [6, 6.07) is 2.03. The summed E-state index contributed by atoms with van der Waals surface area (Å²) in [4.78, 5) is 8.43. The molecule has 0 spiro atoms. The molecule has 0 radical (unpaired) electrons. The van der Waals surface area contributed by atoms with E-state index < -0.39 is 0 Å². The minimum atomic E-state index is 0.760. The second-order valence-electron chi connectivity index (χ2n) is 4.45. The average Bonchev–Trinajstić information content (AvgIpc) is 2.86. The monoisotopic (exact) mass is 260 g/mol. The smallest absolute Gasteiger partial charge is 0.203 e. The van der Waals surface area contributed by atoms with E-state index in [1.165, 1.54) is 11.1 Å². The molecule has 0 bridgehead atoms.